The SMILES string of the molecule is Cc1ccc(C)c(C(=O)C(C)n2cc(Cl)c(C)n2)c1. The van der Waals surface area contributed by atoms with Crippen molar-refractivity contribution in [3.05, 3.63) is 51.8 Å². The van der Waals surface area contributed by atoms with Gasteiger partial charge in [-0.15, -0.1) is 0 Å². The standard InChI is InChI=1S/C15H17ClN2O/c1-9-5-6-10(2)13(7-9)15(19)12(4)18-8-14(16)11(3)17-18/h5-8,12H,1-4H3. The number of halogens is 1. The number of benzene rings is 1. The summed E-state index contributed by atoms with van der Waals surface area (Å²) in [6.07, 6.45) is 1.70. The summed E-state index contributed by atoms with van der Waals surface area (Å²) < 4.78 is 1.63. The number of rotatable bonds is 3. The fourth-order valence-electron chi connectivity index (χ4n) is 2.00. The van der Waals surface area contributed by atoms with Gasteiger partial charge in [0.2, 0.25) is 0 Å². The van der Waals surface area contributed by atoms with Crippen molar-refractivity contribution in [2.45, 2.75) is 33.7 Å². The molecule has 0 aliphatic rings. The minimum Gasteiger partial charge on any atom is -0.292 e. The number of hydrogen-bond donors (Lipinski definition) is 0. The first-order valence-corrected chi connectivity index (χ1v) is 6.60. The monoisotopic (exact) mass is 276 g/mol. The van der Waals surface area contributed by atoms with Gasteiger partial charge in [0, 0.05) is 11.8 Å². The van der Waals surface area contributed by atoms with Crippen molar-refractivity contribution in [1.82, 2.24) is 9.78 Å². The number of aryl methyl sites for hydroxylation is 3. The largest absolute Gasteiger partial charge is 0.292 e. The summed E-state index contributed by atoms with van der Waals surface area (Å²) in [5, 5.41) is 4.86. The molecule has 4 heteroatoms. The number of hydrogen-bond acceptors (Lipinski definition) is 2. The van der Waals surface area contributed by atoms with Crippen LogP contribution in [0.25, 0.3) is 0 Å². The topological polar surface area (TPSA) is 34.9 Å². The van der Waals surface area contributed by atoms with E-state index >= 15 is 0 Å². The lowest BCUT2D eigenvalue weighted by Gasteiger charge is -2.13. The van der Waals surface area contributed by atoms with Crippen molar-refractivity contribution in [3.63, 3.8) is 0 Å². The molecule has 1 aromatic carbocycles. The molecule has 0 fully saturated rings. The van der Waals surface area contributed by atoms with E-state index in [-0.39, 0.29) is 11.8 Å². The van der Waals surface area contributed by atoms with Gasteiger partial charge in [-0.25, -0.2) is 0 Å². The minimum absolute atomic E-state index is 0.0559. The molecule has 0 saturated carbocycles. The van der Waals surface area contributed by atoms with Crippen LogP contribution in [0.4, 0.5) is 0 Å². The Kier molecular flexibility index (Phi) is 3.76. The van der Waals surface area contributed by atoms with E-state index in [0.717, 1.165) is 22.4 Å². The highest BCUT2D eigenvalue weighted by Crippen LogP contribution is 2.21. The second-order valence-corrected chi connectivity index (χ2v) is 5.31. The number of nitrogens with zero attached hydrogens (tertiary/aromatic N) is 2. The van der Waals surface area contributed by atoms with E-state index in [1.165, 1.54) is 0 Å². The molecule has 2 aromatic rings. The normalized spacial score (nSPS) is 12.5. The van der Waals surface area contributed by atoms with E-state index in [2.05, 4.69) is 5.10 Å². The number of aromatic nitrogens is 2. The predicted octanol–water partition coefficient (Wildman–Crippen LogP) is 3.91. The quantitative estimate of drug-likeness (QED) is 0.797. The Hall–Kier alpha value is -1.61. The molecule has 1 aromatic heterocycles. The first kappa shape index (κ1) is 13.8. The van der Waals surface area contributed by atoms with Gasteiger partial charge in [-0.1, -0.05) is 29.3 Å². The maximum absolute atomic E-state index is 12.5. The van der Waals surface area contributed by atoms with E-state index in [1.807, 2.05) is 45.9 Å². The van der Waals surface area contributed by atoms with Gasteiger partial charge in [-0.2, -0.15) is 5.10 Å². The number of Topliss-reactive ketones (excluding diaryl/α,β-unsaturated/α-hetero) is 1. The van der Waals surface area contributed by atoms with E-state index in [4.69, 9.17) is 11.6 Å². The van der Waals surface area contributed by atoms with Crippen LogP contribution in [0.15, 0.2) is 24.4 Å². The first-order chi connectivity index (χ1) is 8.90. The summed E-state index contributed by atoms with van der Waals surface area (Å²) in [6, 6.07) is 5.54. The van der Waals surface area contributed by atoms with Crippen molar-refractivity contribution >= 4 is 17.4 Å². The fourth-order valence-corrected chi connectivity index (χ4v) is 2.14. The molecule has 1 heterocycles. The zero-order valence-corrected chi connectivity index (χ0v) is 12.3. The van der Waals surface area contributed by atoms with Crippen LogP contribution in [0.5, 0.6) is 0 Å². The molecule has 3 nitrogen and oxygen atoms in total. The maximum atomic E-state index is 12.5. The zero-order chi connectivity index (χ0) is 14.2. The van der Waals surface area contributed by atoms with Crippen LogP contribution in [0.2, 0.25) is 5.02 Å². The molecule has 1 unspecified atom stereocenters. The number of ketones is 1. The fraction of sp³-hybridized carbons (Fsp3) is 0.333. The van der Waals surface area contributed by atoms with Gasteiger partial charge in [0.25, 0.3) is 0 Å². The van der Waals surface area contributed by atoms with Gasteiger partial charge in [0.05, 0.1) is 10.7 Å². The Labute approximate surface area is 118 Å². The van der Waals surface area contributed by atoms with E-state index < -0.39 is 0 Å². The molecule has 1 atom stereocenters. The average Bonchev–Trinajstić information content (AvgIpc) is 2.71. The summed E-state index contributed by atoms with van der Waals surface area (Å²) in [6.45, 7) is 7.59. The third-order valence-electron chi connectivity index (χ3n) is 3.29. The highest BCUT2D eigenvalue weighted by molar-refractivity contribution is 6.31. The molecule has 0 N–H and O–H groups in total. The summed E-state index contributed by atoms with van der Waals surface area (Å²) in [5.74, 6) is 0.0559. The Morgan fingerprint density at radius 2 is 2.00 bits per heavy atom. The summed E-state index contributed by atoms with van der Waals surface area (Å²) in [7, 11) is 0. The molecular formula is C15H17ClN2O. The Morgan fingerprint density at radius 3 is 2.58 bits per heavy atom. The lowest BCUT2D eigenvalue weighted by atomic mass is 9.98. The van der Waals surface area contributed by atoms with E-state index in [1.54, 1.807) is 10.9 Å². The van der Waals surface area contributed by atoms with Crippen LogP contribution in [-0.2, 0) is 0 Å². The molecule has 19 heavy (non-hydrogen) atoms. The van der Waals surface area contributed by atoms with Gasteiger partial charge in [-0.05, 0) is 39.3 Å². The summed E-state index contributed by atoms with van der Waals surface area (Å²) in [5.41, 5.74) is 3.55. The molecule has 0 bridgehead atoms. The molecule has 0 aliphatic heterocycles. The minimum atomic E-state index is -0.355. The Bertz CT molecular complexity index is 612. The van der Waals surface area contributed by atoms with Crippen molar-refractivity contribution in [1.29, 1.82) is 0 Å². The zero-order valence-electron chi connectivity index (χ0n) is 11.6. The second-order valence-electron chi connectivity index (χ2n) is 4.90. The Balaban J connectivity index is 2.35. The molecule has 0 saturated heterocycles. The van der Waals surface area contributed by atoms with E-state index in [0.29, 0.717) is 5.02 Å². The molecule has 0 radical (unpaired) electrons. The summed E-state index contributed by atoms with van der Waals surface area (Å²) >= 11 is 5.99. The third kappa shape index (κ3) is 2.71. The lowest BCUT2D eigenvalue weighted by molar-refractivity contribution is 0.0927. The van der Waals surface area contributed by atoms with Crippen molar-refractivity contribution in [3.8, 4) is 0 Å². The van der Waals surface area contributed by atoms with Gasteiger partial charge >= 0.3 is 0 Å². The molecule has 0 aliphatic carbocycles. The Morgan fingerprint density at radius 1 is 1.32 bits per heavy atom. The van der Waals surface area contributed by atoms with Crippen LogP contribution in [0.3, 0.4) is 0 Å². The van der Waals surface area contributed by atoms with Crippen LogP contribution in [-0.4, -0.2) is 15.6 Å². The molecule has 0 spiro atoms. The van der Waals surface area contributed by atoms with Crippen molar-refractivity contribution in [2.75, 3.05) is 0 Å². The van der Waals surface area contributed by atoms with Gasteiger partial charge in [0.15, 0.2) is 5.78 Å². The van der Waals surface area contributed by atoms with Crippen LogP contribution in [0, 0.1) is 20.8 Å². The van der Waals surface area contributed by atoms with Crippen LogP contribution in [0.1, 0.15) is 40.1 Å². The van der Waals surface area contributed by atoms with Crippen molar-refractivity contribution in [2.24, 2.45) is 0 Å². The van der Waals surface area contributed by atoms with Gasteiger partial charge in [0.1, 0.15) is 6.04 Å². The maximum Gasteiger partial charge on any atom is 0.187 e. The second kappa shape index (κ2) is 5.17. The molecule has 100 valence electrons. The van der Waals surface area contributed by atoms with Gasteiger partial charge in [-0.3, -0.25) is 9.48 Å². The van der Waals surface area contributed by atoms with Crippen LogP contribution >= 0.6 is 11.6 Å². The predicted molar refractivity (Wildman–Crippen MR) is 76.9 cm³/mol. The summed E-state index contributed by atoms with van der Waals surface area (Å²) in [4.78, 5) is 12.5. The highest BCUT2D eigenvalue weighted by Gasteiger charge is 2.20. The van der Waals surface area contributed by atoms with Crippen molar-refractivity contribution < 1.29 is 4.79 Å². The number of carbonyl (C=O) groups excluding carboxylic acids is 1. The third-order valence-corrected chi connectivity index (χ3v) is 3.66. The van der Waals surface area contributed by atoms with Gasteiger partial charge < -0.3 is 0 Å². The highest BCUT2D eigenvalue weighted by atomic mass is 35.5. The molecular weight excluding hydrogens is 260 g/mol. The molecule has 0 amide bonds. The smallest absolute Gasteiger partial charge is 0.187 e. The lowest BCUT2D eigenvalue weighted by Crippen LogP contribution is -2.18. The average molecular weight is 277 g/mol. The molecule has 2 rings (SSSR count). The van der Waals surface area contributed by atoms with E-state index in [9.17, 15) is 4.79 Å². The first-order valence-electron chi connectivity index (χ1n) is 6.23. The van der Waals surface area contributed by atoms with Crippen LogP contribution < -0.4 is 0 Å². The number of carbonyl (C=O) groups is 1.